The van der Waals surface area contributed by atoms with Crippen LogP contribution >= 0.6 is 11.6 Å². The number of piperidine rings is 1. The number of benzene rings is 2. The highest BCUT2D eigenvalue weighted by atomic mass is 35.5. The van der Waals surface area contributed by atoms with Crippen LogP contribution in [0, 0.1) is 5.92 Å². The molecule has 0 unspecified atom stereocenters. The smallest absolute Gasteiger partial charge is 0.406 e. The number of nitrogens with zero attached hydrogens (tertiary/aromatic N) is 1. The number of amides is 1. The van der Waals surface area contributed by atoms with Crippen LogP contribution in [0.4, 0.5) is 13.2 Å². The number of halogens is 4. The van der Waals surface area contributed by atoms with Gasteiger partial charge in [0.25, 0.3) is 5.91 Å². The molecule has 8 heteroatoms. The molecule has 0 saturated carbocycles. The molecule has 2 heterocycles. The molecule has 0 aromatic heterocycles. The zero-order chi connectivity index (χ0) is 21.3. The fraction of sp³-hybridized carbons (Fsp3) is 0.409. The van der Waals surface area contributed by atoms with Crippen molar-refractivity contribution < 1.29 is 22.7 Å². The Hall–Kier alpha value is -2.25. The number of rotatable bonds is 5. The third kappa shape index (κ3) is 4.90. The Balaban J connectivity index is 1.44. The number of hydrogen-bond donors (Lipinski definition) is 1. The first-order valence-corrected chi connectivity index (χ1v) is 10.3. The van der Waals surface area contributed by atoms with Crippen LogP contribution in [-0.4, -0.2) is 30.3 Å². The van der Waals surface area contributed by atoms with E-state index in [-0.39, 0.29) is 11.7 Å². The summed E-state index contributed by atoms with van der Waals surface area (Å²) in [5.74, 6) is 0.179. The van der Waals surface area contributed by atoms with Crippen molar-refractivity contribution in [3.05, 3.63) is 63.7 Å². The topological polar surface area (TPSA) is 41.6 Å². The average Bonchev–Trinajstić information content (AvgIpc) is 2.99. The predicted octanol–water partition coefficient (Wildman–Crippen LogP) is 4.94. The van der Waals surface area contributed by atoms with Crippen LogP contribution in [0.2, 0.25) is 5.02 Å². The Bertz CT molecular complexity index is 925. The molecule has 1 N–H and O–H groups in total. The zero-order valence-electron chi connectivity index (χ0n) is 16.3. The molecular weight excluding hydrogens is 417 g/mol. The number of ether oxygens (including phenoxy) is 1. The molecule has 0 aliphatic carbocycles. The SMILES string of the molecule is O=C1c2c(Cl)cc(CC3CCNCC3)cc2CN1Cc1ccc(OC(F)(F)F)cc1. The van der Waals surface area contributed by atoms with Crippen LogP contribution < -0.4 is 10.1 Å². The van der Waals surface area contributed by atoms with Crippen LogP contribution in [-0.2, 0) is 19.5 Å². The van der Waals surface area contributed by atoms with Gasteiger partial charge in [-0.05, 0) is 73.2 Å². The first-order chi connectivity index (χ1) is 14.3. The van der Waals surface area contributed by atoms with Crippen LogP contribution in [0.25, 0.3) is 0 Å². The largest absolute Gasteiger partial charge is 0.573 e. The van der Waals surface area contributed by atoms with E-state index in [0.717, 1.165) is 49.0 Å². The van der Waals surface area contributed by atoms with Crippen molar-refractivity contribution in [2.75, 3.05) is 13.1 Å². The molecule has 2 aromatic rings. The molecule has 2 aliphatic rings. The van der Waals surface area contributed by atoms with E-state index in [9.17, 15) is 18.0 Å². The molecule has 1 saturated heterocycles. The van der Waals surface area contributed by atoms with E-state index in [4.69, 9.17) is 11.6 Å². The van der Waals surface area contributed by atoms with E-state index in [1.54, 1.807) is 4.90 Å². The summed E-state index contributed by atoms with van der Waals surface area (Å²) in [4.78, 5) is 14.5. The van der Waals surface area contributed by atoms with Crippen molar-refractivity contribution in [3.63, 3.8) is 0 Å². The van der Waals surface area contributed by atoms with Crippen LogP contribution in [0.1, 0.15) is 39.9 Å². The molecular formula is C22H22ClF3N2O2. The highest BCUT2D eigenvalue weighted by Gasteiger charge is 2.32. The quantitative estimate of drug-likeness (QED) is 0.719. The van der Waals surface area contributed by atoms with Gasteiger partial charge in [0.15, 0.2) is 0 Å². The first kappa shape index (κ1) is 21.0. The van der Waals surface area contributed by atoms with Crippen LogP contribution in [0.3, 0.4) is 0 Å². The average molecular weight is 439 g/mol. The summed E-state index contributed by atoms with van der Waals surface area (Å²) in [6.45, 7) is 2.79. The second-order valence-electron chi connectivity index (χ2n) is 7.86. The summed E-state index contributed by atoms with van der Waals surface area (Å²) in [6, 6.07) is 9.53. The molecule has 2 aromatic carbocycles. The van der Waals surface area contributed by atoms with Gasteiger partial charge in [-0.2, -0.15) is 0 Å². The van der Waals surface area contributed by atoms with E-state index >= 15 is 0 Å². The summed E-state index contributed by atoms with van der Waals surface area (Å²) in [6.07, 6.45) is -1.51. The molecule has 1 fully saturated rings. The summed E-state index contributed by atoms with van der Waals surface area (Å²) < 4.78 is 40.8. The number of carbonyl (C=O) groups excluding carboxylic acids is 1. The number of carbonyl (C=O) groups is 1. The predicted molar refractivity (Wildman–Crippen MR) is 107 cm³/mol. The van der Waals surface area contributed by atoms with E-state index in [0.29, 0.717) is 29.6 Å². The molecule has 0 atom stereocenters. The first-order valence-electron chi connectivity index (χ1n) is 9.94. The highest BCUT2D eigenvalue weighted by molar-refractivity contribution is 6.34. The molecule has 0 spiro atoms. The van der Waals surface area contributed by atoms with E-state index in [2.05, 4.69) is 16.1 Å². The molecule has 1 amide bonds. The Morgan fingerprint density at radius 3 is 2.47 bits per heavy atom. The molecule has 4 nitrogen and oxygen atoms in total. The van der Waals surface area contributed by atoms with Gasteiger partial charge in [-0.25, -0.2) is 0 Å². The summed E-state index contributed by atoms with van der Waals surface area (Å²) in [5.41, 5.74) is 3.31. The van der Waals surface area contributed by atoms with Gasteiger partial charge in [0, 0.05) is 13.1 Å². The third-order valence-electron chi connectivity index (χ3n) is 5.61. The lowest BCUT2D eigenvalue weighted by Crippen LogP contribution is -2.28. The monoisotopic (exact) mass is 438 g/mol. The van der Waals surface area contributed by atoms with E-state index in [1.807, 2.05) is 6.07 Å². The fourth-order valence-electron chi connectivity index (χ4n) is 4.21. The normalized spacial score (nSPS) is 17.3. The van der Waals surface area contributed by atoms with Gasteiger partial charge in [0.2, 0.25) is 0 Å². The van der Waals surface area contributed by atoms with Gasteiger partial charge in [0.1, 0.15) is 5.75 Å². The van der Waals surface area contributed by atoms with Gasteiger partial charge in [-0.3, -0.25) is 4.79 Å². The fourth-order valence-corrected chi connectivity index (χ4v) is 4.55. The lowest BCUT2D eigenvalue weighted by atomic mass is 9.90. The number of fused-ring (bicyclic) bond motifs is 1. The van der Waals surface area contributed by atoms with Crippen molar-refractivity contribution in [1.82, 2.24) is 10.2 Å². The lowest BCUT2D eigenvalue weighted by Gasteiger charge is -2.22. The summed E-state index contributed by atoms with van der Waals surface area (Å²) in [7, 11) is 0. The Morgan fingerprint density at radius 1 is 1.10 bits per heavy atom. The minimum atomic E-state index is -4.73. The second-order valence-corrected chi connectivity index (χ2v) is 8.27. The molecule has 30 heavy (non-hydrogen) atoms. The number of nitrogens with one attached hydrogen (secondary N) is 1. The minimum Gasteiger partial charge on any atom is -0.406 e. The van der Waals surface area contributed by atoms with Gasteiger partial charge in [0.05, 0.1) is 10.6 Å². The molecule has 2 aliphatic heterocycles. The van der Waals surface area contributed by atoms with Crippen molar-refractivity contribution in [1.29, 1.82) is 0 Å². The van der Waals surface area contributed by atoms with Gasteiger partial charge < -0.3 is 15.0 Å². The van der Waals surface area contributed by atoms with Crippen LogP contribution in [0.5, 0.6) is 5.75 Å². The van der Waals surface area contributed by atoms with Gasteiger partial charge in [-0.15, -0.1) is 13.2 Å². The standard InChI is InChI=1S/C22H22ClF3N2O2/c23-19-11-16(9-14-5-7-27-8-6-14)10-17-13-28(21(29)20(17)19)12-15-1-3-18(4-2-15)30-22(24,25)26/h1-4,10-11,14,27H,5-9,12-13H2. The Morgan fingerprint density at radius 2 is 1.80 bits per heavy atom. The minimum absolute atomic E-state index is 0.154. The van der Waals surface area contributed by atoms with E-state index in [1.165, 1.54) is 24.3 Å². The summed E-state index contributed by atoms with van der Waals surface area (Å²) >= 11 is 6.46. The second kappa shape index (κ2) is 8.47. The number of hydrogen-bond acceptors (Lipinski definition) is 3. The highest BCUT2D eigenvalue weighted by Crippen LogP contribution is 2.33. The van der Waals surface area contributed by atoms with Gasteiger partial charge in [-0.1, -0.05) is 29.8 Å². The molecule has 4 rings (SSSR count). The molecule has 0 bridgehead atoms. The Kier molecular flexibility index (Phi) is 5.93. The lowest BCUT2D eigenvalue weighted by molar-refractivity contribution is -0.274. The zero-order valence-corrected chi connectivity index (χ0v) is 17.0. The third-order valence-corrected chi connectivity index (χ3v) is 5.91. The molecule has 160 valence electrons. The van der Waals surface area contributed by atoms with Crippen molar-refractivity contribution in [3.8, 4) is 5.75 Å². The van der Waals surface area contributed by atoms with Crippen molar-refractivity contribution >= 4 is 17.5 Å². The molecule has 0 radical (unpaired) electrons. The van der Waals surface area contributed by atoms with Crippen LogP contribution in [0.15, 0.2) is 36.4 Å². The van der Waals surface area contributed by atoms with E-state index < -0.39 is 6.36 Å². The maximum atomic E-state index is 12.8. The van der Waals surface area contributed by atoms with Crippen molar-refractivity contribution in [2.24, 2.45) is 5.92 Å². The maximum absolute atomic E-state index is 12.8. The van der Waals surface area contributed by atoms with Crippen molar-refractivity contribution in [2.45, 2.75) is 38.7 Å². The summed E-state index contributed by atoms with van der Waals surface area (Å²) in [5, 5.41) is 3.83. The Labute approximate surface area is 178 Å². The number of alkyl halides is 3. The van der Waals surface area contributed by atoms with Gasteiger partial charge >= 0.3 is 6.36 Å². The maximum Gasteiger partial charge on any atom is 0.573 e.